The van der Waals surface area contributed by atoms with E-state index in [4.69, 9.17) is 4.74 Å². The van der Waals surface area contributed by atoms with Crippen molar-refractivity contribution >= 4 is 12.0 Å². The van der Waals surface area contributed by atoms with Crippen LogP contribution in [0.4, 0.5) is 0 Å². The van der Waals surface area contributed by atoms with Gasteiger partial charge >= 0.3 is 0 Å². The van der Waals surface area contributed by atoms with E-state index < -0.39 is 0 Å². The summed E-state index contributed by atoms with van der Waals surface area (Å²) in [5.74, 6) is 0.591. The minimum Gasteiger partial charge on any atom is -0.494 e. The van der Waals surface area contributed by atoms with Crippen LogP contribution >= 0.6 is 0 Å². The molecule has 0 aromatic heterocycles. The molecule has 1 aliphatic carbocycles. The molecule has 1 amide bonds. The fourth-order valence-corrected chi connectivity index (χ4v) is 2.38. The quantitative estimate of drug-likeness (QED) is 0.496. The average molecular weight is 289 g/mol. The van der Waals surface area contributed by atoms with Gasteiger partial charge in [-0.15, -0.1) is 0 Å². The lowest BCUT2D eigenvalue weighted by Crippen LogP contribution is -2.27. The predicted octanol–water partition coefficient (Wildman–Crippen LogP) is 3.43. The lowest BCUT2D eigenvalue weighted by molar-refractivity contribution is -0.160. The Morgan fingerprint density at radius 3 is 2.90 bits per heavy atom. The lowest BCUT2D eigenvalue weighted by atomic mass is 9.92. The summed E-state index contributed by atoms with van der Waals surface area (Å²) in [6.45, 7) is 4.54. The summed E-state index contributed by atoms with van der Waals surface area (Å²) in [5, 5.41) is 10.3. The Morgan fingerprint density at radius 1 is 1.38 bits per heavy atom. The molecular formula is C17H23NO3. The summed E-state index contributed by atoms with van der Waals surface area (Å²) in [5.41, 5.74) is 3.48. The van der Waals surface area contributed by atoms with Crippen molar-refractivity contribution in [1.82, 2.24) is 5.06 Å². The Bertz CT molecular complexity index is 537. The van der Waals surface area contributed by atoms with Gasteiger partial charge in [-0.3, -0.25) is 10.0 Å². The standard InChI is InChI=1S/C17H23NO3/c1-3-4-9-21-17-8-7-15-10-14(5-6-16(15)11-17)12-18(20)13(2)19/h7-8,10-11,20H,3-6,9,12H2,1-2H3. The highest BCUT2D eigenvalue weighted by molar-refractivity contribution is 5.72. The maximum atomic E-state index is 11.1. The number of aryl methyl sites for hydroxylation is 1. The van der Waals surface area contributed by atoms with Crippen LogP contribution in [-0.2, 0) is 11.2 Å². The Kier molecular flexibility index (Phi) is 5.39. The lowest BCUT2D eigenvalue weighted by Gasteiger charge is -2.20. The van der Waals surface area contributed by atoms with Crippen molar-refractivity contribution in [1.29, 1.82) is 0 Å². The number of nitrogens with zero attached hydrogens (tertiary/aromatic N) is 1. The van der Waals surface area contributed by atoms with Gasteiger partial charge in [-0.2, -0.15) is 0 Å². The molecule has 1 aromatic carbocycles. The van der Waals surface area contributed by atoms with Crippen molar-refractivity contribution in [2.24, 2.45) is 0 Å². The summed E-state index contributed by atoms with van der Waals surface area (Å²) in [6.07, 6.45) is 6.03. The van der Waals surface area contributed by atoms with E-state index >= 15 is 0 Å². The second-order valence-corrected chi connectivity index (χ2v) is 5.44. The number of ether oxygens (including phenoxy) is 1. The van der Waals surface area contributed by atoms with Crippen LogP contribution in [0, 0.1) is 0 Å². The van der Waals surface area contributed by atoms with Crippen LogP contribution in [-0.4, -0.2) is 29.3 Å². The van der Waals surface area contributed by atoms with Crippen LogP contribution in [0.1, 0.15) is 44.2 Å². The zero-order chi connectivity index (χ0) is 15.2. The largest absolute Gasteiger partial charge is 0.494 e. The van der Waals surface area contributed by atoms with Crippen molar-refractivity contribution < 1.29 is 14.7 Å². The molecule has 21 heavy (non-hydrogen) atoms. The SMILES string of the molecule is CCCCOc1ccc2c(c1)CCC(CN(O)C(C)=O)=C2. The average Bonchev–Trinajstić information content (AvgIpc) is 2.47. The van der Waals surface area contributed by atoms with Crippen LogP contribution in [0.15, 0.2) is 23.8 Å². The van der Waals surface area contributed by atoms with Crippen molar-refractivity contribution in [3.05, 3.63) is 34.9 Å². The van der Waals surface area contributed by atoms with Gasteiger partial charge in [0.05, 0.1) is 13.2 Å². The second-order valence-electron chi connectivity index (χ2n) is 5.44. The van der Waals surface area contributed by atoms with E-state index in [0.717, 1.165) is 54.2 Å². The van der Waals surface area contributed by atoms with E-state index in [1.54, 1.807) is 0 Å². The summed E-state index contributed by atoms with van der Waals surface area (Å²) >= 11 is 0. The number of rotatable bonds is 6. The van der Waals surface area contributed by atoms with Gasteiger partial charge in [0.25, 0.3) is 0 Å². The van der Waals surface area contributed by atoms with E-state index in [-0.39, 0.29) is 12.5 Å². The fourth-order valence-electron chi connectivity index (χ4n) is 2.38. The Morgan fingerprint density at radius 2 is 2.19 bits per heavy atom. The van der Waals surface area contributed by atoms with Crippen LogP contribution in [0.3, 0.4) is 0 Å². The fraction of sp³-hybridized carbons (Fsp3) is 0.471. The van der Waals surface area contributed by atoms with Crippen LogP contribution in [0.5, 0.6) is 5.75 Å². The molecule has 114 valence electrons. The predicted molar refractivity (Wildman–Crippen MR) is 82.3 cm³/mol. The van der Waals surface area contributed by atoms with E-state index in [0.29, 0.717) is 0 Å². The molecule has 0 atom stereocenters. The van der Waals surface area contributed by atoms with Crippen molar-refractivity contribution in [2.45, 2.75) is 39.5 Å². The molecule has 0 spiro atoms. The van der Waals surface area contributed by atoms with E-state index in [2.05, 4.69) is 19.1 Å². The third kappa shape index (κ3) is 4.33. The molecule has 0 fully saturated rings. The van der Waals surface area contributed by atoms with Gasteiger partial charge in [-0.25, -0.2) is 5.06 Å². The zero-order valence-corrected chi connectivity index (χ0v) is 12.8. The number of hydroxylamine groups is 2. The van der Waals surface area contributed by atoms with Gasteiger partial charge in [0, 0.05) is 6.92 Å². The number of fused-ring (bicyclic) bond motifs is 1. The van der Waals surface area contributed by atoms with Gasteiger partial charge in [-0.05, 0) is 48.1 Å². The smallest absolute Gasteiger partial charge is 0.243 e. The minimum atomic E-state index is -0.332. The molecule has 4 nitrogen and oxygen atoms in total. The number of amides is 1. The highest BCUT2D eigenvalue weighted by Crippen LogP contribution is 2.27. The minimum absolute atomic E-state index is 0.281. The highest BCUT2D eigenvalue weighted by atomic mass is 16.5. The molecule has 0 saturated heterocycles. The monoisotopic (exact) mass is 289 g/mol. The van der Waals surface area contributed by atoms with Crippen LogP contribution < -0.4 is 4.74 Å². The van der Waals surface area contributed by atoms with E-state index in [9.17, 15) is 10.0 Å². The molecule has 1 aliphatic rings. The number of benzene rings is 1. The molecule has 0 bridgehead atoms. The van der Waals surface area contributed by atoms with E-state index in [1.807, 2.05) is 12.1 Å². The van der Waals surface area contributed by atoms with Gasteiger partial charge in [-0.1, -0.05) is 25.5 Å². The third-order valence-corrected chi connectivity index (χ3v) is 3.67. The van der Waals surface area contributed by atoms with Gasteiger partial charge in [0.15, 0.2) is 0 Å². The molecular weight excluding hydrogens is 266 g/mol. The summed E-state index contributed by atoms with van der Waals surface area (Å²) in [6, 6.07) is 6.13. The van der Waals surface area contributed by atoms with Crippen molar-refractivity contribution in [3.63, 3.8) is 0 Å². The van der Waals surface area contributed by atoms with Gasteiger partial charge < -0.3 is 4.74 Å². The molecule has 0 unspecified atom stereocenters. The first-order valence-electron chi connectivity index (χ1n) is 7.52. The maximum Gasteiger partial charge on any atom is 0.243 e. The number of hydrogen-bond acceptors (Lipinski definition) is 3. The number of carbonyl (C=O) groups is 1. The number of hydrogen-bond donors (Lipinski definition) is 1. The van der Waals surface area contributed by atoms with Gasteiger partial charge in [0.2, 0.25) is 5.91 Å². The number of carbonyl (C=O) groups excluding carboxylic acids is 1. The topological polar surface area (TPSA) is 49.8 Å². The molecule has 0 radical (unpaired) electrons. The molecule has 4 heteroatoms. The summed E-state index contributed by atoms with van der Waals surface area (Å²) in [4.78, 5) is 11.1. The van der Waals surface area contributed by atoms with E-state index in [1.165, 1.54) is 12.5 Å². The highest BCUT2D eigenvalue weighted by Gasteiger charge is 2.14. The molecule has 0 aliphatic heterocycles. The summed E-state index contributed by atoms with van der Waals surface area (Å²) < 4.78 is 5.72. The normalized spacial score (nSPS) is 13.4. The van der Waals surface area contributed by atoms with Crippen molar-refractivity contribution in [3.8, 4) is 5.75 Å². The Labute approximate surface area is 126 Å². The Hall–Kier alpha value is -1.81. The second kappa shape index (κ2) is 7.27. The van der Waals surface area contributed by atoms with Crippen LogP contribution in [0.25, 0.3) is 6.08 Å². The molecule has 1 aromatic rings. The Balaban J connectivity index is 2.04. The first-order chi connectivity index (χ1) is 10.1. The molecule has 0 saturated carbocycles. The summed E-state index contributed by atoms with van der Waals surface area (Å²) in [7, 11) is 0. The molecule has 0 heterocycles. The first kappa shape index (κ1) is 15.6. The van der Waals surface area contributed by atoms with Gasteiger partial charge in [0.1, 0.15) is 5.75 Å². The molecule has 1 N–H and O–H groups in total. The number of unbranched alkanes of at least 4 members (excludes halogenated alkanes) is 1. The molecule has 2 rings (SSSR count). The first-order valence-corrected chi connectivity index (χ1v) is 7.52. The van der Waals surface area contributed by atoms with Crippen molar-refractivity contribution in [2.75, 3.05) is 13.2 Å². The van der Waals surface area contributed by atoms with Crippen LogP contribution in [0.2, 0.25) is 0 Å². The third-order valence-electron chi connectivity index (χ3n) is 3.67. The maximum absolute atomic E-state index is 11.1. The zero-order valence-electron chi connectivity index (χ0n) is 12.8.